The Hall–Kier alpha value is -0.610. The summed E-state index contributed by atoms with van der Waals surface area (Å²) in [5.41, 5.74) is 2.15. The van der Waals surface area contributed by atoms with Crippen LogP contribution < -0.4 is 5.01 Å². The van der Waals surface area contributed by atoms with E-state index in [2.05, 4.69) is 32.9 Å². The maximum atomic E-state index is 13.3. The maximum Gasteiger partial charge on any atom is 0.139 e. The Bertz CT molecular complexity index is 367. The van der Waals surface area contributed by atoms with Crippen LogP contribution >= 0.6 is 15.9 Å². The molecule has 0 spiro atoms. The van der Waals surface area contributed by atoms with Crippen molar-refractivity contribution in [1.82, 2.24) is 5.01 Å². The summed E-state index contributed by atoms with van der Waals surface area (Å²) in [7, 11) is 2.01. The van der Waals surface area contributed by atoms with Crippen molar-refractivity contribution in [3.8, 4) is 0 Å². The first-order chi connectivity index (χ1) is 6.63. The standard InChI is InChI=1S/C10H12BrFN2/c1-3-14-10-5-9(12)8(11)4-7(10)6-13(14)2/h4-5H,3,6H2,1-2H3. The second-order valence-electron chi connectivity index (χ2n) is 3.43. The smallest absolute Gasteiger partial charge is 0.139 e. The number of fused-ring (bicyclic) bond motifs is 1. The molecule has 0 aromatic heterocycles. The van der Waals surface area contributed by atoms with Gasteiger partial charge in [-0.3, -0.25) is 0 Å². The zero-order valence-electron chi connectivity index (χ0n) is 8.22. The number of hydrogen-bond donors (Lipinski definition) is 0. The first-order valence-electron chi connectivity index (χ1n) is 4.60. The third kappa shape index (κ3) is 1.42. The molecule has 14 heavy (non-hydrogen) atoms. The molecule has 1 aliphatic heterocycles. The lowest BCUT2D eigenvalue weighted by molar-refractivity contribution is 0.329. The van der Waals surface area contributed by atoms with E-state index in [-0.39, 0.29) is 5.82 Å². The Labute approximate surface area is 91.4 Å². The average molecular weight is 259 g/mol. The number of benzene rings is 1. The van der Waals surface area contributed by atoms with Gasteiger partial charge in [0.25, 0.3) is 0 Å². The van der Waals surface area contributed by atoms with Crippen LogP contribution in [0.25, 0.3) is 0 Å². The van der Waals surface area contributed by atoms with E-state index in [1.807, 2.05) is 13.1 Å². The van der Waals surface area contributed by atoms with Gasteiger partial charge in [0, 0.05) is 26.2 Å². The number of hydrazine groups is 1. The van der Waals surface area contributed by atoms with Crippen LogP contribution in [0.4, 0.5) is 10.1 Å². The number of halogens is 2. The van der Waals surface area contributed by atoms with E-state index in [0.29, 0.717) is 4.47 Å². The summed E-state index contributed by atoms with van der Waals surface area (Å²) < 4.78 is 13.9. The fourth-order valence-electron chi connectivity index (χ4n) is 1.87. The fourth-order valence-corrected chi connectivity index (χ4v) is 2.26. The molecule has 4 heteroatoms. The molecule has 76 valence electrons. The van der Waals surface area contributed by atoms with Crippen molar-refractivity contribution in [3.05, 3.63) is 28.0 Å². The fraction of sp³-hybridized carbons (Fsp3) is 0.400. The SMILES string of the molecule is CCN1c2cc(F)c(Br)cc2CN1C. The molecular weight excluding hydrogens is 247 g/mol. The molecule has 2 rings (SSSR count). The molecule has 2 nitrogen and oxygen atoms in total. The first-order valence-corrected chi connectivity index (χ1v) is 5.39. The second kappa shape index (κ2) is 3.51. The van der Waals surface area contributed by atoms with Gasteiger partial charge in [0.05, 0.1) is 10.2 Å². The molecule has 0 N–H and O–H groups in total. The first kappa shape index (κ1) is 9.93. The summed E-state index contributed by atoms with van der Waals surface area (Å²) in [5.74, 6) is -0.197. The highest BCUT2D eigenvalue weighted by Crippen LogP contribution is 2.33. The quantitative estimate of drug-likeness (QED) is 0.765. The Morgan fingerprint density at radius 2 is 2.21 bits per heavy atom. The third-order valence-electron chi connectivity index (χ3n) is 2.51. The van der Waals surface area contributed by atoms with Gasteiger partial charge in [-0.05, 0) is 34.5 Å². The molecule has 0 atom stereocenters. The summed E-state index contributed by atoms with van der Waals surface area (Å²) >= 11 is 3.20. The lowest BCUT2D eigenvalue weighted by Crippen LogP contribution is -2.33. The molecule has 1 aliphatic rings. The topological polar surface area (TPSA) is 6.48 Å². The molecule has 0 unspecified atom stereocenters. The van der Waals surface area contributed by atoms with Crippen LogP contribution in [0, 0.1) is 5.82 Å². The van der Waals surface area contributed by atoms with Crippen LogP contribution in [-0.2, 0) is 6.54 Å². The van der Waals surface area contributed by atoms with E-state index < -0.39 is 0 Å². The van der Waals surface area contributed by atoms with Crippen LogP contribution in [0.15, 0.2) is 16.6 Å². The van der Waals surface area contributed by atoms with Gasteiger partial charge < -0.3 is 5.01 Å². The van der Waals surface area contributed by atoms with Gasteiger partial charge in [-0.1, -0.05) is 0 Å². The molecule has 0 saturated heterocycles. The van der Waals surface area contributed by atoms with Crippen LogP contribution in [0.2, 0.25) is 0 Å². The maximum absolute atomic E-state index is 13.3. The Morgan fingerprint density at radius 1 is 1.50 bits per heavy atom. The lowest BCUT2D eigenvalue weighted by Gasteiger charge is -2.25. The van der Waals surface area contributed by atoms with Crippen LogP contribution in [-0.4, -0.2) is 18.6 Å². The summed E-state index contributed by atoms with van der Waals surface area (Å²) in [5, 5.41) is 4.17. The zero-order valence-corrected chi connectivity index (χ0v) is 9.81. The summed E-state index contributed by atoms with van der Waals surface area (Å²) in [6, 6.07) is 3.45. The van der Waals surface area contributed by atoms with Crippen LogP contribution in [0.3, 0.4) is 0 Å². The van der Waals surface area contributed by atoms with Crippen molar-refractivity contribution in [2.24, 2.45) is 0 Å². The van der Waals surface area contributed by atoms with Crippen molar-refractivity contribution in [1.29, 1.82) is 0 Å². The van der Waals surface area contributed by atoms with Crippen molar-refractivity contribution in [2.75, 3.05) is 18.6 Å². The normalized spacial score (nSPS) is 16.1. The molecule has 0 fully saturated rings. The number of nitrogens with zero attached hydrogens (tertiary/aromatic N) is 2. The lowest BCUT2D eigenvalue weighted by atomic mass is 10.2. The van der Waals surface area contributed by atoms with Gasteiger partial charge in [0.2, 0.25) is 0 Å². The van der Waals surface area contributed by atoms with Gasteiger partial charge in [-0.15, -0.1) is 0 Å². The Morgan fingerprint density at radius 3 is 2.86 bits per heavy atom. The third-order valence-corrected chi connectivity index (χ3v) is 3.12. The zero-order chi connectivity index (χ0) is 10.3. The highest BCUT2D eigenvalue weighted by atomic mass is 79.9. The second-order valence-corrected chi connectivity index (χ2v) is 4.28. The van der Waals surface area contributed by atoms with Gasteiger partial charge >= 0.3 is 0 Å². The molecule has 0 saturated carbocycles. The van der Waals surface area contributed by atoms with Crippen molar-refractivity contribution >= 4 is 21.6 Å². The molecule has 1 heterocycles. The number of rotatable bonds is 1. The van der Waals surface area contributed by atoms with E-state index in [1.54, 1.807) is 6.07 Å². The monoisotopic (exact) mass is 258 g/mol. The average Bonchev–Trinajstić information content (AvgIpc) is 2.42. The molecule has 0 radical (unpaired) electrons. The van der Waals surface area contributed by atoms with Gasteiger partial charge in [-0.25, -0.2) is 9.40 Å². The van der Waals surface area contributed by atoms with E-state index >= 15 is 0 Å². The summed E-state index contributed by atoms with van der Waals surface area (Å²) in [6.45, 7) is 3.78. The van der Waals surface area contributed by atoms with Crippen LogP contribution in [0.1, 0.15) is 12.5 Å². The van der Waals surface area contributed by atoms with Gasteiger partial charge in [0.15, 0.2) is 0 Å². The molecule has 1 aromatic carbocycles. The molecular formula is C10H12BrFN2. The molecule has 1 aromatic rings. The highest BCUT2D eigenvalue weighted by Gasteiger charge is 2.24. The summed E-state index contributed by atoms with van der Waals surface area (Å²) in [4.78, 5) is 0. The van der Waals surface area contributed by atoms with E-state index in [9.17, 15) is 4.39 Å². The summed E-state index contributed by atoms with van der Waals surface area (Å²) in [6.07, 6.45) is 0. The Kier molecular flexibility index (Phi) is 2.49. The minimum Gasteiger partial charge on any atom is -0.306 e. The van der Waals surface area contributed by atoms with Crippen LogP contribution in [0.5, 0.6) is 0 Å². The van der Waals surface area contributed by atoms with Crippen molar-refractivity contribution in [2.45, 2.75) is 13.5 Å². The molecule has 0 bridgehead atoms. The molecule has 0 aliphatic carbocycles. The van der Waals surface area contributed by atoms with Gasteiger partial charge in [-0.2, -0.15) is 0 Å². The largest absolute Gasteiger partial charge is 0.306 e. The minimum absolute atomic E-state index is 0.197. The van der Waals surface area contributed by atoms with Crippen molar-refractivity contribution in [3.63, 3.8) is 0 Å². The number of anilines is 1. The predicted octanol–water partition coefficient (Wildman–Crippen LogP) is 2.77. The van der Waals surface area contributed by atoms with E-state index in [1.165, 1.54) is 5.56 Å². The van der Waals surface area contributed by atoms with E-state index in [4.69, 9.17) is 0 Å². The van der Waals surface area contributed by atoms with E-state index in [0.717, 1.165) is 18.8 Å². The van der Waals surface area contributed by atoms with Gasteiger partial charge in [0.1, 0.15) is 5.82 Å². The molecule has 0 amide bonds. The predicted molar refractivity (Wildman–Crippen MR) is 58.6 cm³/mol. The minimum atomic E-state index is -0.197. The Balaban J connectivity index is 2.49. The van der Waals surface area contributed by atoms with Crippen molar-refractivity contribution < 1.29 is 4.39 Å². The number of hydrogen-bond acceptors (Lipinski definition) is 2. The highest BCUT2D eigenvalue weighted by molar-refractivity contribution is 9.10.